The quantitative estimate of drug-likeness (QED) is 0.0645. The molecule has 0 unspecified atom stereocenters. The maximum atomic E-state index is 14.8. The lowest BCUT2D eigenvalue weighted by Gasteiger charge is -2.12. The van der Waals surface area contributed by atoms with E-state index < -0.39 is 86.2 Å². The third-order valence-electron chi connectivity index (χ3n) is 7.29. The zero-order valence-electron chi connectivity index (χ0n) is 25.4. The number of pyridine rings is 1. The van der Waals surface area contributed by atoms with Crippen LogP contribution in [0.15, 0.2) is 48.6 Å². The Morgan fingerprint density at radius 3 is 1.67 bits per heavy atom. The molecule has 5 aromatic rings. The van der Waals surface area contributed by atoms with Crippen LogP contribution in [0.4, 0.5) is 39.5 Å². The fraction of sp³-hybridized carbons (Fsp3) is 0.0882. The number of nitrogens with zero attached hydrogens (tertiary/aromatic N) is 1. The molecule has 0 bridgehead atoms. The number of hydrogen-bond donors (Lipinski definition) is 3. The molecule has 0 aliphatic heterocycles. The van der Waals surface area contributed by atoms with Gasteiger partial charge in [-0.05, 0) is 80.5 Å². The molecule has 4 N–H and O–H groups in total. The smallest absolute Gasteiger partial charge is 0.200 e. The summed E-state index contributed by atoms with van der Waals surface area (Å²) in [5.41, 5.74) is 0.560. The van der Waals surface area contributed by atoms with Crippen LogP contribution >= 0.6 is 22.7 Å². The zero-order chi connectivity index (χ0) is 36.1. The first-order chi connectivity index (χ1) is 23.0. The number of allylic oxidation sites excluding steroid dienone is 3. The van der Waals surface area contributed by atoms with Gasteiger partial charge < -0.3 is 11.1 Å². The van der Waals surface area contributed by atoms with Crippen LogP contribution < -0.4 is 5.73 Å². The lowest BCUT2D eigenvalue weighted by Crippen LogP contribution is -2.13. The fourth-order valence-corrected chi connectivity index (χ4v) is 6.66. The first kappa shape index (κ1) is 35.3. The highest BCUT2D eigenvalue weighted by molar-refractivity contribution is 7.23. The Hall–Kier alpha value is -5.02. The monoisotopic (exact) mass is 720 g/mol. The lowest BCUT2D eigenvalue weighted by molar-refractivity contribution is 0.377. The Kier molecular flexibility index (Phi) is 9.70. The SMILES string of the molecule is C/C(=C\C(=N)c1c(F)c(C)c(F)c(F)c1F)c1cc(-c2ccc(-c3ccc(C)s3)s2)cc(/C(N)=C/C(=N)c2c(F)c(F)c(F)c(F)c2F)n1. The van der Waals surface area contributed by atoms with Crippen molar-refractivity contribution in [3.05, 3.63) is 134 Å². The molecule has 0 atom stereocenters. The van der Waals surface area contributed by atoms with Crippen molar-refractivity contribution in [2.45, 2.75) is 20.8 Å². The van der Waals surface area contributed by atoms with Gasteiger partial charge in [-0.2, -0.15) is 0 Å². The van der Waals surface area contributed by atoms with Crippen molar-refractivity contribution in [1.29, 1.82) is 10.8 Å². The zero-order valence-corrected chi connectivity index (χ0v) is 27.0. The van der Waals surface area contributed by atoms with Crippen molar-refractivity contribution in [2.24, 2.45) is 5.73 Å². The van der Waals surface area contributed by atoms with E-state index in [4.69, 9.17) is 16.6 Å². The summed E-state index contributed by atoms with van der Waals surface area (Å²) in [5, 5.41) is 16.4. The molecule has 49 heavy (non-hydrogen) atoms. The lowest BCUT2D eigenvalue weighted by atomic mass is 10.0. The van der Waals surface area contributed by atoms with Crippen LogP contribution in [0.25, 0.3) is 31.5 Å². The van der Waals surface area contributed by atoms with Crippen molar-refractivity contribution >= 4 is 45.4 Å². The van der Waals surface area contributed by atoms with Crippen molar-refractivity contribution in [2.75, 3.05) is 0 Å². The van der Waals surface area contributed by atoms with E-state index >= 15 is 0 Å². The highest BCUT2D eigenvalue weighted by Gasteiger charge is 2.28. The normalized spacial score (nSPS) is 12.2. The van der Waals surface area contributed by atoms with E-state index in [9.17, 15) is 39.5 Å². The molecule has 0 spiro atoms. The maximum absolute atomic E-state index is 14.8. The Labute approximate surface area is 280 Å². The number of halogens is 9. The minimum atomic E-state index is -2.40. The van der Waals surface area contributed by atoms with E-state index in [-0.39, 0.29) is 17.0 Å². The molecule has 0 fully saturated rings. The van der Waals surface area contributed by atoms with Crippen molar-refractivity contribution < 1.29 is 39.5 Å². The van der Waals surface area contributed by atoms with Crippen LogP contribution in [-0.2, 0) is 0 Å². The van der Waals surface area contributed by atoms with Gasteiger partial charge in [0.15, 0.2) is 40.7 Å². The molecular weight excluding hydrogens is 700 g/mol. The molecule has 0 radical (unpaired) electrons. The highest BCUT2D eigenvalue weighted by Crippen LogP contribution is 2.39. The van der Waals surface area contributed by atoms with E-state index in [1.165, 1.54) is 30.4 Å². The van der Waals surface area contributed by atoms with Gasteiger partial charge in [0.2, 0.25) is 5.82 Å². The van der Waals surface area contributed by atoms with Gasteiger partial charge in [0.1, 0.15) is 5.82 Å². The number of nitrogens with two attached hydrogens (primary N) is 1. The number of aromatic nitrogens is 1. The Bertz CT molecular complexity index is 2090. The van der Waals surface area contributed by atoms with Gasteiger partial charge in [-0.25, -0.2) is 44.5 Å². The van der Waals surface area contributed by atoms with Gasteiger partial charge in [0.05, 0.1) is 39.6 Å². The highest BCUT2D eigenvalue weighted by atomic mass is 32.1. The van der Waals surface area contributed by atoms with Crippen molar-refractivity contribution in [1.82, 2.24) is 4.98 Å². The predicted octanol–water partition coefficient (Wildman–Crippen LogP) is 10.2. The second-order valence-corrected chi connectivity index (χ2v) is 13.0. The summed E-state index contributed by atoms with van der Waals surface area (Å²) in [5.74, 6) is -18.5. The Balaban J connectivity index is 1.64. The largest absolute Gasteiger partial charge is 0.397 e. The van der Waals surface area contributed by atoms with E-state index in [0.29, 0.717) is 16.5 Å². The molecule has 252 valence electrons. The van der Waals surface area contributed by atoms with Crippen molar-refractivity contribution in [3.63, 3.8) is 0 Å². The molecule has 0 amide bonds. The summed E-state index contributed by atoms with van der Waals surface area (Å²) in [4.78, 5) is 7.91. The minimum Gasteiger partial charge on any atom is -0.397 e. The third-order valence-corrected chi connectivity index (χ3v) is 9.62. The number of thiophene rings is 2. The van der Waals surface area contributed by atoms with E-state index in [1.807, 2.05) is 25.1 Å². The number of benzene rings is 2. The molecule has 5 rings (SSSR count). The molecular formula is C34H21F9N4S2. The predicted molar refractivity (Wildman–Crippen MR) is 172 cm³/mol. The summed E-state index contributed by atoms with van der Waals surface area (Å²) in [7, 11) is 0. The second-order valence-electron chi connectivity index (χ2n) is 10.7. The van der Waals surface area contributed by atoms with E-state index in [0.717, 1.165) is 27.6 Å². The van der Waals surface area contributed by atoms with Gasteiger partial charge in [-0.15, -0.1) is 22.7 Å². The summed E-state index contributed by atoms with van der Waals surface area (Å²) < 4.78 is 128. The first-order valence-corrected chi connectivity index (χ1v) is 15.5. The van der Waals surface area contributed by atoms with Gasteiger partial charge >= 0.3 is 0 Å². The maximum Gasteiger partial charge on any atom is 0.200 e. The fourth-order valence-electron chi connectivity index (χ4n) is 4.71. The second kappa shape index (κ2) is 13.5. The van der Waals surface area contributed by atoms with Gasteiger partial charge in [0.25, 0.3) is 0 Å². The van der Waals surface area contributed by atoms with Crippen LogP contribution in [0.3, 0.4) is 0 Å². The molecule has 0 aliphatic rings. The number of nitrogens with one attached hydrogen (secondary N) is 2. The Morgan fingerprint density at radius 1 is 0.612 bits per heavy atom. The molecule has 3 heterocycles. The third kappa shape index (κ3) is 6.55. The van der Waals surface area contributed by atoms with E-state index in [1.54, 1.807) is 17.4 Å². The average Bonchev–Trinajstić information content (AvgIpc) is 3.74. The summed E-state index contributed by atoms with van der Waals surface area (Å²) in [6.45, 7) is 4.21. The summed E-state index contributed by atoms with van der Waals surface area (Å²) >= 11 is 2.90. The van der Waals surface area contributed by atoms with Gasteiger partial charge in [-0.1, -0.05) is 0 Å². The Morgan fingerprint density at radius 2 is 1.08 bits per heavy atom. The molecule has 2 aromatic carbocycles. The van der Waals surface area contributed by atoms with Crippen LogP contribution in [-0.4, -0.2) is 16.4 Å². The number of hydrogen-bond acceptors (Lipinski definition) is 6. The van der Waals surface area contributed by atoms with Gasteiger partial charge in [-0.3, -0.25) is 5.41 Å². The van der Waals surface area contributed by atoms with E-state index in [2.05, 4.69) is 4.98 Å². The van der Waals surface area contributed by atoms with Crippen LogP contribution in [0, 0.1) is 77.0 Å². The van der Waals surface area contributed by atoms with Crippen LogP contribution in [0.5, 0.6) is 0 Å². The average molecular weight is 721 g/mol. The van der Waals surface area contributed by atoms with Crippen LogP contribution in [0.1, 0.15) is 39.9 Å². The molecule has 3 aromatic heterocycles. The molecule has 0 saturated heterocycles. The molecule has 15 heteroatoms. The topological polar surface area (TPSA) is 86.6 Å². The first-order valence-electron chi connectivity index (χ1n) is 13.9. The summed E-state index contributed by atoms with van der Waals surface area (Å²) in [6, 6.07) is 10.4. The molecule has 0 saturated carbocycles. The number of aryl methyl sites for hydroxylation is 1. The number of rotatable bonds is 8. The van der Waals surface area contributed by atoms with Crippen molar-refractivity contribution in [3.8, 4) is 20.2 Å². The summed E-state index contributed by atoms with van der Waals surface area (Å²) in [6.07, 6.45) is 1.58. The van der Waals surface area contributed by atoms with Crippen LogP contribution in [0.2, 0.25) is 0 Å². The van der Waals surface area contributed by atoms with Gasteiger partial charge in [0, 0.05) is 25.1 Å². The molecule has 0 aliphatic carbocycles. The molecule has 4 nitrogen and oxygen atoms in total. The standard InChI is InChI=1S/C34H21F9N4S2/c1-12(8-17(45)24-26(35)14(3)27(36)31(40)28(24)37)19-9-15(21-6-7-23(49-21)22-5-4-13(2)48-22)10-20(47-19)16(44)11-18(46)25-29(38)32(41)34(43)33(42)30(25)39/h4-11,45-46H,44H2,1-3H3/b12-8+,16-11-,45-17?,46-18?. The minimum absolute atomic E-state index is 0.0263.